The lowest BCUT2D eigenvalue weighted by molar-refractivity contribution is -0.142. The number of carboxylic acids is 1. The zero-order chi connectivity index (χ0) is 14.6. The molecular weight excluding hydrogens is 274 g/mol. The molecule has 1 unspecified atom stereocenters. The molecule has 1 saturated heterocycles. The Kier molecular flexibility index (Phi) is 5.27. The monoisotopic (exact) mass is 293 g/mol. The standard InChI is InChI=1S/C10H19N3O5S/c1-2-12(7-9(11)14)19(17,18)13-5-3-4-8(6-13)10(15)16/h8H,2-7H2,1H3,(H2,11,14)(H,15,16). The second kappa shape index (κ2) is 6.31. The van der Waals surface area contributed by atoms with E-state index >= 15 is 0 Å². The average molecular weight is 293 g/mol. The minimum absolute atomic E-state index is 0.0626. The summed E-state index contributed by atoms with van der Waals surface area (Å²) in [6.45, 7) is 1.51. The van der Waals surface area contributed by atoms with E-state index in [9.17, 15) is 18.0 Å². The number of likely N-dealkylation sites (N-methyl/N-ethyl adjacent to an activating group) is 1. The van der Waals surface area contributed by atoms with Gasteiger partial charge in [0, 0.05) is 19.6 Å². The van der Waals surface area contributed by atoms with Crippen molar-refractivity contribution in [2.24, 2.45) is 11.7 Å². The van der Waals surface area contributed by atoms with Gasteiger partial charge in [-0.3, -0.25) is 9.59 Å². The van der Waals surface area contributed by atoms with Gasteiger partial charge in [0.25, 0.3) is 10.2 Å². The normalized spacial score (nSPS) is 21.5. The van der Waals surface area contributed by atoms with Crippen LogP contribution < -0.4 is 5.73 Å². The van der Waals surface area contributed by atoms with Crippen LogP contribution in [0.25, 0.3) is 0 Å². The van der Waals surface area contributed by atoms with Gasteiger partial charge < -0.3 is 10.8 Å². The maximum atomic E-state index is 12.3. The van der Waals surface area contributed by atoms with E-state index in [1.807, 2.05) is 0 Å². The number of piperidine rings is 1. The van der Waals surface area contributed by atoms with Crippen molar-refractivity contribution in [3.8, 4) is 0 Å². The van der Waals surface area contributed by atoms with Crippen molar-refractivity contribution in [1.29, 1.82) is 0 Å². The van der Waals surface area contributed by atoms with E-state index in [1.165, 1.54) is 0 Å². The van der Waals surface area contributed by atoms with E-state index in [4.69, 9.17) is 10.8 Å². The molecule has 0 aliphatic carbocycles. The molecule has 0 bridgehead atoms. The molecule has 1 atom stereocenters. The SMILES string of the molecule is CCN(CC(N)=O)S(=O)(=O)N1CCCC(C(=O)O)C1. The van der Waals surface area contributed by atoms with E-state index in [0.717, 1.165) is 8.61 Å². The Morgan fingerprint density at radius 3 is 2.58 bits per heavy atom. The Hall–Kier alpha value is -1.19. The van der Waals surface area contributed by atoms with Gasteiger partial charge in [-0.1, -0.05) is 6.92 Å². The van der Waals surface area contributed by atoms with E-state index in [-0.39, 0.29) is 19.6 Å². The van der Waals surface area contributed by atoms with E-state index in [2.05, 4.69) is 0 Å². The number of nitrogens with zero attached hydrogens (tertiary/aromatic N) is 2. The third kappa shape index (κ3) is 3.88. The van der Waals surface area contributed by atoms with Gasteiger partial charge in [-0.25, -0.2) is 0 Å². The van der Waals surface area contributed by atoms with E-state index in [0.29, 0.717) is 12.8 Å². The van der Waals surface area contributed by atoms with Crippen LogP contribution in [0.2, 0.25) is 0 Å². The molecule has 1 aliphatic heterocycles. The summed E-state index contributed by atoms with van der Waals surface area (Å²) in [5.41, 5.74) is 5.01. The van der Waals surface area contributed by atoms with Gasteiger partial charge in [0.2, 0.25) is 5.91 Å². The Labute approximate surface area is 112 Å². The minimum Gasteiger partial charge on any atom is -0.481 e. The first-order valence-corrected chi connectivity index (χ1v) is 7.45. The first-order valence-electron chi connectivity index (χ1n) is 6.05. The average Bonchev–Trinajstić information content (AvgIpc) is 2.35. The molecule has 0 aromatic heterocycles. The predicted octanol–water partition coefficient (Wildman–Crippen LogP) is -1.16. The van der Waals surface area contributed by atoms with Gasteiger partial charge in [-0.15, -0.1) is 0 Å². The first kappa shape index (κ1) is 15.9. The molecule has 0 radical (unpaired) electrons. The molecule has 9 heteroatoms. The predicted molar refractivity (Wildman–Crippen MR) is 67.3 cm³/mol. The van der Waals surface area contributed by atoms with Crippen LogP contribution in [0.1, 0.15) is 19.8 Å². The highest BCUT2D eigenvalue weighted by Gasteiger charge is 2.35. The summed E-state index contributed by atoms with van der Waals surface area (Å²) in [6, 6.07) is 0. The molecule has 0 aromatic carbocycles. The van der Waals surface area contributed by atoms with Crippen LogP contribution in [0, 0.1) is 5.92 Å². The molecule has 1 heterocycles. The molecule has 0 aromatic rings. The van der Waals surface area contributed by atoms with Crippen molar-refractivity contribution in [2.75, 3.05) is 26.2 Å². The van der Waals surface area contributed by atoms with Crippen LogP contribution in [0.4, 0.5) is 0 Å². The Bertz CT molecular complexity index is 450. The van der Waals surface area contributed by atoms with Gasteiger partial charge in [-0.2, -0.15) is 17.0 Å². The molecular formula is C10H19N3O5S. The number of rotatable bonds is 6. The van der Waals surface area contributed by atoms with Gasteiger partial charge in [-0.05, 0) is 12.8 Å². The fourth-order valence-corrected chi connectivity index (χ4v) is 3.72. The molecule has 0 spiro atoms. The summed E-state index contributed by atoms with van der Waals surface area (Å²) in [7, 11) is -3.83. The highest BCUT2D eigenvalue weighted by atomic mass is 32.2. The number of carboxylic acid groups (broad SMARTS) is 1. The highest BCUT2D eigenvalue weighted by molar-refractivity contribution is 7.86. The lowest BCUT2D eigenvalue weighted by Crippen LogP contribution is -2.50. The van der Waals surface area contributed by atoms with Gasteiger partial charge >= 0.3 is 5.97 Å². The van der Waals surface area contributed by atoms with Gasteiger partial charge in [0.05, 0.1) is 12.5 Å². The number of hydrogen-bond donors (Lipinski definition) is 2. The van der Waals surface area contributed by atoms with E-state index in [1.54, 1.807) is 6.92 Å². The molecule has 1 amide bonds. The molecule has 8 nitrogen and oxygen atoms in total. The molecule has 1 rings (SSSR count). The number of carbonyl (C=O) groups is 2. The van der Waals surface area contributed by atoms with Crippen molar-refractivity contribution in [3.63, 3.8) is 0 Å². The maximum Gasteiger partial charge on any atom is 0.307 e. The zero-order valence-electron chi connectivity index (χ0n) is 10.8. The van der Waals surface area contributed by atoms with Crippen molar-refractivity contribution in [2.45, 2.75) is 19.8 Å². The van der Waals surface area contributed by atoms with Crippen LogP contribution in [0.5, 0.6) is 0 Å². The quantitative estimate of drug-likeness (QED) is 0.639. The number of hydrogen-bond acceptors (Lipinski definition) is 4. The van der Waals surface area contributed by atoms with Crippen LogP contribution in [-0.2, 0) is 19.8 Å². The van der Waals surface area contributed by atoms with Crippen LogP contribution in [0.15, 0.2) is 0 Å². The van der Waals surface area contributed by atoms with Crippen molar-refractivity contribution in [1.82, 2.24) is 8.61 Å². The highest BCUT2D eigenvalue weighted by Crippen LogP contribution is 2.21. The molecule has 1 fully saturated rings. The lowest BCUT2D eigenvalue weighted by Gasteiger charge is -2.33. The fraction of sp³-hybridized carbons (Fsp3) is 0.800. The topological polar surface area (TPSA) is 121 Å². The fourth-order valence-electron chi connectivity index (χ4n) is 2.05. The molecule has 1 aliphatic rings. The lowest BCUT2D eigenvalue weighted by atomic mass is 10.0. The molecule has 3 N–H and O–H groups in total. The van der Waals surface area contributed by atoms with Gasteiger partial charge in [0.15, 0.2) is 0 Å². The van der Waals surface area contributed by atoms with Crippen LogP contribution >= 0.6 is 0 Å². The third-order valence-electron chi connectivity index (χ3n) is 3.07. The Morgan fingerprint density at radius 1 is 1.47 bits per heavy atom. The molecule has 0 saturated carbocycles. The smallest absolute Gasteiger partial charge is 0.307 e. The maximum absolute atomic E-state index is 12.3. The summed E-state index contributed by atoms with van der Waals surface area (Å²) < 4.78 is 26.6. The van der Waals surface area contributed by atoms with Gasteiger partial charge in [0.1, 0.15) is 0 Å². The number of amides is 1. The third-order valence-corrected chi connectivity index (χ3v) is 5.09. The Morgan fingerprint density at radius 2 is 2.11 bits per heavy atom. The van der Waals surface area contributed by atoms with Crippen molar-refractivity contribution >= 4 is 22.1 Å². The first-order chi connectivity index (χ1) is 8.78. The van der Waals surface area contributed by atoms with Crippen LogP contribution in [0.3, 0.4) is 0 Å². The van der Waals surface area contributed by atoms with Crippen molar-refractivity contribution in [3.05, 3.63) is 0 Å². The summed E-state index contributed by atoms with van der Waals surface area (Å²) >= 11 is 0. The Balaban J connectivity index is 2.86. The summed E-state index contributed by atoms with van der Waals surface area (Å²) in [5.74, 6) is -2.44. The number of nitrogens with two attached hydrogens (primary N) is 1. The minimum atomic E-state index is -3.83. The summed E-state index contributed by atoms with van der Waals surface area (Å²) in [4.78, 5) is 21.8. The number of primary amides is 1. The van der Waals surface area contributed by atoms with Crippen molar-refractivity contribution < 1.29 is 23.1 Å². The number of carbonyl (C=O) groups excluding carboxylic acids is 1. The summed E-state index contributed by atoms with van der Waals surface area (Å²) in [6.07, 6.45) is 0.952. The summed E-state index contributed by atoms with van der Waals surface area (Å²) in [5, 5.41) is 8.95. The van der Waals surface area contributed by atoms with Crippen LogP contribution in [-0.4, -0.2) is 60.2 Å². The van der Waals surface area contributed by atoms with E-state index < -0.39 is 34.5 Å². The molecule has 110 valence electrons. The second-order valence-electron chi connectivity index (χ2n) is 4.44. The zero-order valence-corrected chi connectivity index (χ0v) is 11.6. The number of aliphatic carboxylic acids is 1. The largest absolute Gasteiger partial charge is 0.481 e. The molecule has 19 heavy (non-hydrogen) atoms. The second-order valence-corrected chi connectivity index (χ2v) is 6.36.